The number of nitrogens with zero attached hydrogens (tertiary/aromatic N) is 2. The molecule has 6 rings (SSSR count). The van der Waals surface area contributed by atoms with E-state index >= 15 is 0 Å². The average molecular weight is 392 g/mol. The molecule has 4 nitrogen and oxygen atoms in total. The number of carbonyl (C=O) groups is 2. The Hall–Kier alpha value is -3.54. The van der Waals surface area contributed by atoms with Crippen molar-refractivity contribution < 1.29 is 9.59 Å². The lowest BCUT2D eigenvalue weighted by atomic mass is 9.84. The summed E-state index contributed by atoms with van der Waals surface area (Å²) in [6, 6.07) is 19.7. The van der Waals surface area contributed by atoms with Gasteiger partial charge in [-0.2, -0.15) is 5.26 Å². The lowest BCUT2D eigenvalue weighted by molar-refractivity contribution is 0.0641. The van der Waals surface area contributed by atoms with Gasteiger partial charge in [-0.25, -0.2) is 0 Å². The van der Waals surface area contributed by atoms with Gasteiger partial charge in [-0.1, -0.05) is 36.4 Å². The molecule has 1 heterocycles. The van der Waals surface area contributed by atoms with Gasteiger partial charge in [0.15, 0.2) is 0 Å². The van der Waals surface area contributed by atoms with Crippen LogP contribution in [0.15, 0.2) is 54.6 Å². The first-order chi connectivity index (χ1) is 14.2. The second-order valence-electron chi connectivity index (χ2n) is 7.29. The largest absolute Gasteiger partial charge is 0.271 e. The first kappa shape index (κ1) is 16.4. The van der Waals surface area contributed by atoms with E-state index in [1.807, 2.05) is 54.6 Å². The van der Waals surface area contributed by atoms with Crippen LogP contribution in [-0.4, -0.2) is 23.0 Å². The molecule has 0 fully saturated rings. The van der Waals surface area contributed by atoms with E-state index in [9.17, 15) is 14.9 Å². The zero-order chi connectivity index (χ0) is 19.9. The summed E-state index contributed by atoms with van der Waals surface area (Å²) in [5.74, 6) is -0.518. The number of hydrogen-bond acceptors (Lipinski definition) is 3. The van der Waals surface area contributed by atoms with E-state index in [4.69, 9.17) is 0 Å². The van der Waals surface area contributed by atoms with E-state index in [0.29, 0.717) is 16.7 Å². The van der Waals surface area contributed by atoms with Crippen LogP contribution < -0.4 is 0 Å². The smallest absolute Gasteiger partial charge is 0.261 e. The van der Waals surface area contributed by atoms with Gasteiger partial charge in [0.05, 0.1) is 11.6 Å². The topological polar surface area (TPSA) is 61.2 Å². The fraction of sp³-hybridized carbons (Fsp3) is 0.0417. The van der Waals surface area contributed by atoms with E-state index in [-0.39, 0.29) is 18.1 Å². The van der Waals surface area contributed by atoms with E-state index in [1.54, 1.807) is 0 Å². The highest BCUT2D eigenvalue weighted by Crippen LogP contribution is 2.44. The van der Waals surface area contributed by atoms with Crippen molar-refractivity contribution in [1.82, 2.24) is 4.90 Å². The standard InChI is InChI=1S/C24H13N2O2P/c25-10-12-4-5-15-17-7-9-19-22-18(23(27)26(11-29)24(19)28)8-6-16(21(17)22)14-3-1-2-13(12)20(14)15/h1-9H,11,29H2. The Morgan fingerprint density at radius 1 is 0.724 bits per heavy atom. The fourth-order valence-electron chi connectivity index (χ4n) is 4.80. The number of imide groups is 1. The van der Waals surface area contributed by atoms with Crippen molar-refractivity contribution in [2.24, 2.45) is 0 Å². The normalized spacial score (nSPS) is 13.9. The molecule has 0 spiro atoms. The van der Waals surface area contributed by atoms with Gasteiger partial charge >= 0.3 is 0 Å². The second-order valence-corrected chi connectivity index (χ2v) is 7.66. The molecule has 2 amide bonds. The van der Waals surface area contributed by atoms with Crippen molar-refractivity contribution in [2.75, 3.05) is 6.29 Å². The van der Waals surface area contributed by atoms with Gasteiger partial charge < -0.3 is 0 Å². The van der Waals surface area contributed by atoms with E-state index in [2.05, 4.69) is 15.3 Å². The van der Waals surface area contributed by atoms with Gasteiger partial charge in [0.25, 0.3) is 11.8 Å². The molecular formula is C24H13N2O2P. The van der Waals surface area contributed by atoms with E-state index < -0.39 is 0 Å². The predicted molar refractivity (Wildman–Crippen MR) is 117 cm³/mol. The molecule has 1 atom stereocenters. The minimum atomic E-state index is -0.259. The van der Waals surface area contributed by atoms with Crippen molar-refractivity contribution in [3.8, 4) is 6.07 Å². The van der Waals surface area contributed by atoms with Gasteiger partial charge in [-0.3, -0.25) is 14.5 Å². The maximum absolute atomic E-state index is 12.9. The molecule has 0 saturated carbocycles. The Kier molecular flexibility index (Phi) is 3.12. The molecule has 0 aromatic heterocycles. The van der Waals surface area contributed by atoms with Crippen molar-refractivity contribution >= 4 is 64.1 Å². The SMILES string of the molecule is N#Cc1ccc2c3ccc4c5c(ccc(c6cccc1c62)c53)C(=O)N(CP)C4=O. The Balaban J connectivity index is 1.92. The van der Waals surface area contributed by atoms with Crippen molar-refractivity contribution in [3.05, 3.63) is 71.3 Å². The summed E-state index contributed by atoms with van der Waals surface area (Å²) in [5, 5.41) is 17.2. The predicted octanol–water partition coefficient (Wildman–Crippen LogP) is 5.04. The quantitative estimate of drug-likeness (QED) is 0.174. The monoisotopic (exact) mass is 392 g/mol. The lowest BCUT2D eigenvalue weighted by Crippen LogP contribution is -2.39. The molecule has 29 heavy (non-hydrogen) atoms. The third-order valence-electron chi connectivity index (χ3n) is 6.04. The molecule has 1 aliphatic rings. The average Bonchev–Trinajstić information content (AvgIpc) is 2.76. The summed E-state index contributed by atoms with van der Waals surface area (Å²) in [6.45, 7) is 0. The van der Waals surface area contributed by atoms with Gasteiger partial charge in [-0.05, 0) is 50.5 Å². The summed E-state index contributed by atoms with van der Waals surface area (Å²) in [5.41, 5.74) is 1.76. The van der Waals surface area contributed by atoms with Crippen molar-refractivity contribution in [3.63, 3.8) is 0 Å². The highest BCUT2D eigenvalue weighted by atomic mass is 31.0. The van der Waals surface area contributed by atoms with Crippen molar-refractivity contribution in [2.45, 2.75) is 0 Å². The highest BCUT2D eigenvalue weighted by molar-refractivity contribution is 7.16. The van der Waals surface area contributed by atoms with Crippen LogP contribution in [0.2, 0.25) is 0 Å². The number of amides is 2. The molecule has 5 aromatic rings. The van der Waals surface area contributed by atoms with Crippen molar-refractivity contribution in [1.29, 1.82) is 5.26 Å². The van der Waals surface area contributed by atoms with E-state index in [0.717, 1.165) is 43.1 Å². The molecule has 136 valence electrons. The Bertz CT molecular complexity index is 1530. The third-order valence-corrected chi connectivity index (χ3v) is 6.40. The van der Waals surface area contributed by atoms with Crippen LogP contribution in [0.25, 0.3) is 43.1 Å². The first-order valence-electron chi connectivity index (χ1n) is 9.28. The summed E-state index contributed by atoms with van der Waals surface area (Å²) in [7, 11) is 2.46. The molecule has 0 bridgehead atoms. The Morgan fingerprint density at radius 2 is 1.28 bits per heavy atom. The molecule has 5 heteroatoms. The van der Waals surface area contributed by atoms with Crippen LogP contribution >= 0.6 is 9.24 Å². The molecule has 1 aliphatic heterocycles. The summed E-state index contributed by atoms with van der Waals surface area (Å²) in [6.07, 6.45) is 0.265. The number of fused-ring (bicyclic) bond motifs is 2. The van der Waals surface area contributed by atoms with E-state index in [1.165, 1.54) is 4.90 Å². The van der Waals surface area contributed by atoms with Crippen LogP contribution in [0.4, 0.5) is 0 Å². The molecule has 0 aliphatic carbocycles. The summed E-state index contributed by atoms with van der Waals surface area (Å²) < 4.78 is 0. The second kappa shape index (κ2) is 5.50. The van der Waals surface area contributed by atoms with Crippen LogP contribution in [0.1, 0.15) is 26.3 Å². The zero-order valence-corrected chi connectivity index (χ0v) is 16.3. The van der Waals surface area contributed by atoms with Gasteiger partial charge in [0.2, 0.25) is 0 Å². The Morgan fingerprint density at radius 3 is 1.90 bits per heavy atom. The molecule has 5 aromatic carbocycles. The molecule has 0 radical (unpaired) electrons. The lowest BCUT2D eigenvalue weighted by Gasteiger charge is -2.27. The summed E-state index contributed by atoms with van der Waals surface area (Å²) >= 11 is 0. The minimum absolute atomic E-state index is 0.259. The first-order valence-corrected chi connectivity index (χ1v) is 10.1. The maximum atomic E-state index is 12.9. The highest BCUT2D eigenvalue weighted by Gasteiger charge is 2.33. The number of nitriles is 1. The summed E-state index contributed by atoms with van der Waals surface area (Å²) in [4.78, 5) is 27.2. The maximum Gasteiger partial charge on any atom is 0.261 e. The van der Waals surface area contributed by atoms with Crippen LogP contribution in [0, 0.1) is 11.3 Å². The Labute approximate surface area is 167 Å². The molecule has 0 N–H and O–H groups in total. The number of rotatable bonds is 1. The molecular weight excluding hydrogens is 379 g/mol. The number of carbonyl (C=O) groups excluding carboxylic acids is 2. The molecule has 0 saturated heterocycles. The minimum Gasteiger partial charge on any atom is -0.271 e. The zero-order valence-electron chi connectivity index (χ0n) is 15.2. The fourth-order valence-corrected chi connectivity index (χ4v) is 5.13. The van der Waals surface area contributed by atoms with Crippen LogP contribution in [0.5, 0.6) is 0 Å². The van der Waals surface area contributed by atoms with Gasteiger partial charge in [0.1, 0.15) is 0 Å². The third kappa shape index (κ3) is 1.86. The molecule has 1 unspecified atom stereocenters. The van der Waals surface area contributed by atoms with Crippen LogP contribution in [0.3, 0.4) is 0 Å². The number of benzene rings is 5. The van der Waals surface area contributed by atoms with Gasteiger partial charge in [0, 0.05) is 28.2 Å². The number of hydrogen-bond donors (Lipinski definition) is 0. The van der Waals surface area contributed by atoms with Crippen LogP contribution in [-0.2, 0) is 0 Å². The van der Waals surface area contributed by atoms with Gasteiger partial charge in [-0.15, -0.1) is 9.24 Å².